The van der Waals surface area contributed by atoms with Gasteiger partial charge in [-0.15, -0.1) is 0 Å². The normalized spacial score (nSPS) is 15.3. The summed E-state index contributed by atoms with van der Waals surface area (Å²) in [6.45, 7) is 2.41. The van der Waals surface area contributed by atoms with Crippen molar-refractivity contribution < 1.29 is 9.53 Å². The van der Waals surface area contributed by atoms with Crippen molar-refractivity contribution >= 4 is 11.6 Å². The SMILES string of the molecule is Cc1cccc2c1NC(=O)CCO2. The van der Waals surface area contributed by atoms with Crippen molar-refractivity contribution in [1.29, 1.82) is 0 Å². The summed E-state index contributed by atoms with van der Waals surface area (Å²) < 4.78 is 5.42. The first-order valence-corrected chi connectivity index (χ1v) is 4.29. The second-order valence-corrected chi connectivity index (χ2v) is 3.09. The van der Waals surface area contributed by atoms with Crippen molar-refractivity contribution in [2.24, 2.45) is 0 Å². The molecule has 13 heavy (non-hydrogen) atoms. The second-order valence-electron chi connectivity index (χ2n) is 3.09. The Labute approximate surface area is 76.7 Å². The highest BCUT2D eigenvalue weighted by molar-refractivity contribution is 5.93. The van der Waals surface area contributed by atoms with Gasteiger partial charge in [0.25, 0.3) is 0 Å². The minimum absolute atomic E-state index is 0.0213. The highest BCUT2D eigenvalue weighted by Gasteiger charge is 2.14. The standard InChI is InChI=1S/C10H11NO2/c1-7-3-2-4-8-10(7)11-9(12)5-6-13-8/h2-4H,5-6H2,1H3,(H,11,12). The van der Waals surface area contributed by atoms with Crippen LogP contribution in [0.1, 0.15) is 12.0 Å². The zero-order valence-electron chi connectivity index (χ0n) is 7.46. The molecule has 0 atom stereocenters. The van der Waals surface area contributed by atoms with Crippen LogP contribution in [0.15, 0.2) is 18.2 Å². The fraction of sp³-hybridized carbons (Fsp3) is 0.300. The second kappa shape index (κ2) is 3.09. The number of nitrogens with one attached hydrogen (secondary N) is 1. The fourth-order valence-corrected chi connectivity index (χ4v) is 1.38. The van der Waals surface area contributed by atoms with E-state index in [1.54, 1.807) is 0 Å². The monoisotopic (exact) mass is 177 g/mol. The number of benzene rings is 1. The van der Waals surface area contributed by atoms with Gasteiger partial charge >= 0.3 is 0 Å². The lowest BCUT2D eigenvalue weighted by Crippen LogP contribution is -2.11. The van der Waals surface area contributed by atoms with Crippen molar-refractivity contribution in [3.63, 3.8) is 0 Å². The first-order chi connectivity index (χ1) is 6.27. The Morgan fingerprint density at radius 2 is 2.31 bits per heavy atom. The maximum atomic E-state index is 11.2. The number of hydrogen-bond acceptors (Lipinski definition) is 2. The third-order valence-electron chi connectivity index (χ3n) is 2.09. The minimum atomic E-state index is 0.0213. The highest BCUT2D eigenvalue weighted by atomic mass is 16.5. The molecule has 0 aromatic heterocycles. The predicted molar refractivity (Wildman–Crippen MR) is 49.9 cm³/mol. The molecule has 0 fully saturated rings. The Morgan fingerprint density at radius 1 is 1.46 bits per heavy atom. The Bertz CT molecular complexity index is 347. The third-order valence-corrected chi connectivity index (χ3v) is 2.09. The van der Waals surface area contributed by atoms with Gasteiger partial charge in [-0.05, 0) is 18.6 Å². The van der Waals surface area contributed by atoms with Crippen LogP contribution in [0.3, 0.4) is 0 Å². The molecule has 0 unspecified atom stereocenters. The molecule has 3 heteroatoms. The Balaban J connectivity index is 2.46. The number of hydrogen-bond donors (Lipinski definition) is 1. The van der Waals surface area contributed by atoms with Gasteiger partial charge < -0.3 is 10.1 Å². The molecule has 1 aromatic rings. The molecule has 0 aliphatic carbocycles. The van der Waals surface area contributed by atoms with Gasteiger partial charge in [0.1, 0.15) is 5.75 Å². The average Bonchev–Trinajstić information content (AvgIpc) is 2.28. The number of aryl methyl sites for hydroxylation is 1. The summed E-state index contributed by atoms with van der Waals surface area (Å²) in [6, 6.07) is 5.74. The molecular formula is C10H11NO2. The van der Waals surface area contributed by atoms with Gasteiger partial charge in [-0.1, -0.05) is 12.1 Å². The number of fused-ring (bicyclic) bond motifs is 1. The van der Waals surface area contributed by atoms with Crippen molar-refractivity contribution in [3.8, 4) is 5.75 Å². The Hall–Kier alpha value is -1.51. The number of carbonyl (C=O) groups excluding carboxylic acids is 1. The van der Waals surface area contributed by atoms with Gasteiger partial charge in [-0.3, -0.25) is 4.79 Å². The van der Waals surface area contributed by atoms with Gasteiger partial charge in [-0.25, -0.2) is 0 Å². The van der Waals surface area contributed by atoms with Crippen molar-refractivity contribution in [2.45, 2.75) is 13.3 Å². The van der Waals surface area contributed by atoms with E-state index in [9.17, 15) is 4.79 Å². The van der Waals surface area contributed by atoms with Gasteiger partial charge in [0.15, 0.2) is 0 Å². The lowest BCUT2D eigenvalue weighted by molar-refractivity contribution is -0.116. The van der Waals surface area contributed by atoms with Crippen LogP contribution in [-0.4, -0.2) is 12.5 Å². The number of carbonyl (C=O) groups is 1. The molecular weight excluding hydrogens is 166 g/mol. The summed E-state index contributed by atoms with van der Waals surface area (Å²) in [7, 11) is 0. The predicted octanol–water partition coefficient (Wildman–Crippen LogP) is 1.72. The topological polar surface area (TPSA) is 38.3 Å². The van der Waals surface area contributed by atoms with Crippen LogP contribution in [0.25, 0.3) is 0 Å². The lowest BCUT2D eigenvalue weighted by atomic mass is 10.2. The number of ether oxygens (including phenoxy) is 1. The molecule has 0 spiro atoms. The van der Waals surface area contributed by atoms with Crippen LogP contribution in [0, 0.1) is 6.92 Å². The molecule has 2 rings (SSSR count). The van der Waals surface area contributed by atoms with E-state index in [0.29, 0.717) is 13.0 Å². The molecule has 1 aliphatic rings. The molecule has 1 aromatic carbocycles. The highest BCUT2D eigenvalue weighted by Crippen LogP contribution is 2.29. The van der Waals surface area contributed by atoms with Crippen LogP contribution in [0.2, 0.25) is 0 Å². The van der Waals surface area contributed by atoms with Gasteiger partial charge in [0.05, 0.1) is 18.7 Å². The quantitative estimate of drug-likeness (QED) is 0.655. The van der Waals surface area contributed by atoms with Crippen LogP contribution in [0.5, 0.6) is 5.75 Å². The van der Waals surface area contributed by atoms with Gasteiger partial charge in [0.2, 0.25) is 5.91 Å². The van der Waals surface area contributed by atoms with E-state index in [1.807, 2.05) is 25.1 Å². The Kier molecular flexibility index (Phi) is 1.93. The maximum absolute atomic E-state index is 11.2. The van der Waals surface area contributed by atoms with Crippen molar-refractivity contribution in [1.82, 2.24) is 0 Å². The minimum Gasteiger partial charge on any atom is -0.491 e. The molecule has 1 aliphatic heterocycles. The maximum Gasteiger partial charge on any atom is 0.227 e. The largest absolute Gasteiger partial charge is 0.491 e. The smallest absolute Gasteiger partial charge is 0.227 e. The molecule has 1 N–H and O–H groups in total. The Morgan fingerprint density at radius 3 is 3.15 bits per heavy atom. The van der Waals surface area contributed by atoms with E-state index in [0.717, 1.165) is 17.0 Å². The molecule has 68 valence electrons. The van der Waals surface area contributed by atoms with E-state index in [4.69, 9.17) is 4.74 Å². The van der Waals surface area contributed by atoms with Crippen molar-refractivity contribution in [2.75, 3.05) is 11.9 Å². The summed E-state index contributed by atoms with van der Waals surface area (Å²) in [5, 5.41) is 2.83. The van der Waals surface area contributed by atoms with Crippen LogP contribution >= 0.6 is 0 Å². The lowest BCUT2D eigenvalue weighted by Gasteiger charge is -2.08. The first kappa shape index (κ1) is 8.10. The molecule has 0 saturated heterocycles. The number of rotatable bonds is 0. The van der Waals surface area contributed by atoms with E-state index in [1.165, 1.54) is 0 Å². The molecule has 3 nitrogen and oxygen atoms in total. The summed E-state index contributed by atoms with van der Waals surface area (Å²) in [6.07, 6.45) is 0.425. The van der Waals surface area contributed by atoms with E-state index in [2.05, 4.69) is 5.32 Å². The van der Waals surface area contributed by atoms with E-state index in [-0.39, 0.29) is 5.91 Å². The summed E-state index contributed by atoms with van der Waals surface area (Å²) >= 11 is 0. The molecule has 0 bridgehead atoms. The summed E-state index contributed by atoms with van der Waals surface area (Å²) in [5.41, 5.74) is 1.85. The average molecular weight is 177 g/mol. The van der Waals surface area contributed by atoms with Crippen LogP contribution in [0.4, 0.5) is 5.69 Å². The zero-order valence-corrected chi connectivity index (χ0v) is 7.46. The molecule has 1 heterocycles. The first-order valence-electron chi connectivity index (χ1n) is 4.29. The molecule has 0 saturated carbocycles. The van der Waals surface area contributed by atoms with Crippen LogP contribution in [-0.2, 0) is 4.79 Å². The van der Waals surface area contributed by atoms with Crippen LogP contribution < -0.4 is 10.1 Å². The van der Waals surface area contributed by atoms with Crippen molar-refractivity contribution in [3.05, 3.63) is 23.8 Å². The summed E-state index contributed by atoms with van der Waals surface area (Å²) in [4.78, 5) is 11.2. The van der Waals surface area contributed by atoms with E-state index < -0.39 is 0 Å². The van der Waals surface area contributed by atoms with E-state index >= 15 is 0 Å². The third kappa shape index (κ3) is 1.49. The number of anilines is 1. The molecule has 1 amide bonds. The zero-order chi connectivity index (χ0) is 9.26. The summed E-state index contributed by atoms with van der Waals surface area (Å²) in [5.74, 6) is 0.791. The molecule has 0 radical (unpaired) electrons. The van der Waals surface area contributed by atoms with Gasteiger partial charge in [0, 0.05) is 0 Å². The fourth-order valence-electron chi connectivity index (χ4n) is 1.38. The number of para-hydroxylation sites is 1. The van der Waals surface area contributed by atoms with Gasteiger partial charge in [-0.2, -0.15) is 0 Å². The number of amides is 1.